The third kappa shape index (κ3) is 2.98. The lowest BCUT2D eigenvalue weighted by atomic mass is 10.1. The Kier molecular flexibility index (Phi) is 3.69. The zero-order chi connectivity index (χ0) is 12.4. The molecule has 0 aliphatic rings. The second-order valence-corrected chi connectivity index (χ2v) is 4.55. The highest BCUT2D eigenvalue weighted by atomic mass is 79.9. The van der Waals surface area contributed by atoms with Gasteiger partial charge in [-0.1, -0.05) is 17.7 Å². The number of aromatic nitrogens is 2. The van der Waals surface area contributed by atoms with Gasteiger partial charge in [-0.05, 0) is 27.6 Å². The maximum atomic E-state index is 13.4. The second-order valence-electron chi connectivity index (χ2n) is 3.34. The van der Waals surface area contributed by atoms with E-state index in [1.165, 1.54) is 18.3 Å². The third-order valence-corrected chi connectivity index (χ3v) is 3.21. The molecule has 0 N–H and O–H groups in total. The first-order valence-corrected chi connectivity index (χ1v) is 5.84. The Hall–Kier alpha value is -1.07. The van der Waals surface area contributed by atoms with Gasteiger partial charge in [-0.25, -0.2) is 18.7 Å². The molecule has 0 atom stereocenters. The van der Waals surface area contributed by atoms with Gasteiger partial charge in [0.1, 0.15) is 22.6 Å². The second kappa shape index (κ2) is 5.06. The van der Waals surface area contributed by atoms with Crippen LogP contribution in [0.25, 0.3) is 0 Å². The summed E-state index contributed by atoms with van der Waals surface area (Å²) in [5, 5.41) is 0.262. The number of halogens is 4. The average Bonchev–Trinajstić information content (AvgIpc) is 2.27. The van der Waals surface area contributed by atoms with Gasteiger partial charge >= 0.3 is 0 Å². The quantitative estimate of drug-likeness (QED) is 0.788. The molecular formula is C11H6BrClF2N2. The van der Waals surface area contributed by atoms with E-state index in [1.54, 1.807) is 0 Å². The smallest absolute Gasteiger partial charge is 0.146 e. The highest BCUT2D eigenvalue weighted by Gasteiger charge is 2.08. The van der Waals surface area contributed by atoms with Crippen LogP contribution in [-0.2, 0) is 6.42 Å². The molecule has 6 heteroatoms. The topological polar surface area (TPSA) is 25.8 Å². The van der Waals surface area contributed by atoms with Crippen LogP contribution in [0.1, 0.15) is 11.4 Å². The molecule has 0 fully saturated rings. The van der Waals surface area contributed by atoms with Crippen LogP contribution in [0.5, 0.6) is 0 Å². The van der Waals surface area contributed by atoms with Gasteiger partial charge in [-0.2, -0.15) is 0 Å². The molecule has 1 aromatic heterocycles. The van der Waals surface area contributed by atoms with Crippen molar-refractivity contribution in [3.63, 3.8) is 0 Å². The molecule has 0 bridgehead atoms. The number of nitrogens with zero attached hydrogens (tertiary/aromatic N) is 2. The van der Waals surface area contributed by atoms with Gasteiger partial charge in [0, 0.05) is 18.7 Å². The lowest BCUT2D eigenvalue weighted by Crippen LogP contribution is -1.99. The molecule has 1 heterocycles. The summed E-state index contributed by atoms with van der Waals surface area (Å²) in [7, 11) is 0. The van der Waals surface area contributed by atoms with E-state index in [4.69, 9.17) is 11.6 Å². The average molecular weight is 320 g/mol. The third-order valence-electron chi connectivity index (χ3n) is 2.11. The van der Waals surface area contributed by atoms with Crippen molar-refractivity contribution in [2.24, 2.45) is 0 Å². The van der Waals surface area contributed by atoms with E-state index in [1.807, 2.05) is 0 Å². The van der Waals surface area contributed by atoms with Gasteiger partial charge in [0.15, 0.2) is 0 Å². The monoisotopic (exact) mass is 318 g/mol. The highest BCUT2D eigenvalue weighted by molar-refractivity contribution is 9.10. The summed E-state index contributed by atoms with van der Waals surface area (Å²) in [5.74, 6) is -0.850. The molecule has 0 unspecified atom stereocenters. The molecule has 17 heavy (non-hydrogen) atoms. The van der Waals surface area contributed by atoms with E-state index in [2.05, 4.69) is 25.9 Å². The van der Waals surface area contributed by atoms with Crippen LogP contribution in [0.3, 0.4) is 0 Å². The van der Waals surface area contributed by atoms with Crippen molar-refractivity contribution in [1.29, 1.82) is 0 Å². The molecule has 88 valence electrons. The van der Waals surface area contributed by atoms with Crippen LogP contribution in [-0.4, -0.2) is 9.97 Å². The van der Waals surface area contributed by atoms with Crippen molar-refractivity contribution in [2.45, 2.75) is 6.42 Å². The van der Waals surface area contributed by atoms with Crippen LogP contribution >= 0.6 is 27.5 Å². The molecule has 0 spiro atoms. The first-order valence-electron chi connectivity index (χ1n) is 4.67. The Morgan fingerprint density at radius 3 is 2.71 bits per heavy atom. The molecular weight excluding hydrogens is 313 g/mol. The lowest BCUT2D eigenvalue weighted by Gasteiger charge is -2.03. The maximum Gasteiger partial charge on any atom is 0.146 e. The first kappa shape index (κ1) is 12.4. The van der Waals surface area contributed by atoms with Gasteiger partial charge in [-0.3, -0.25) is 0 Å². The van der Waals surface area contributed by atoms with Crippen LogP contribution in [0.15, 0.2) is 28.9 Å². The maximum absolute atomic E-state index is 13.4. The normalized spacial score (nSPS) is 10.6. The van der Waals surface area contributed by atoms with Crippen LogP contribution < -0.4 is 0 Å². The standard InChI is InChI=1S/C11H6BrClF2N2/c12-8-5-16-10(17-11(8)13)3-6-1-2-7(14)4-9(6)15/h1-2,4-5H,3H2. The largest absolute Gasteiger partial charge is 0.240 e. The molecule has 0 radical (unpaired) electrons. The Balaban J connectivity index is 2.28. The molecule has 0 saturated heterocycles. The Morgan fingerprint density at radius 2 is 2.06 bits per heavy atom. The van der Waals surface area contributed by atoms with E-state index in [-0.39, 0.29) is 11.6 Å². The fourth-order valence-corrected chi connectivity index (χ4v) is 1.64. The van der Waals surface area contributed by atoms with Crippen molar-refractivity contribution >= 4 is 27.5 Å². The van der Waals surface area contributed by atoms with Crippen molar-refractivity contribution in [3.8, 4) is 0 Å². The molecule has 2 nitrogen and oxygen atoms in total. The Bertz CT molecular complexity index is 563. The zero-order valence-corrected chi connectivity index (χ0v) is 10.8. The fourth-order valence-electron chi connectivity index (χ4n) is 1.30. The molecule has 0 saturated carbocycles. The van der Waals surface area contributed by atoms with Crippen molar-refractivity contribution in [3.05, 3.63) is 57.0 Å². The van der Waals surface area contributed by atoms with E-state index < -0.39 is 11.6 Å². The number of rotatable bonds is 2. The Labute approximate surface area is 110 Å². The summed E-state index contributed by atoms with van der Waals surface area (Å²) >= 11 is 8.95. The molecule has 1 aromatic carbocycles. The minimum Gasteiger partial charge on any atom is -0.240 e. The summed E-state index contributed by atoms with van der Waals surface area (Å²) < 4.78 is 26.7. The van der Waals surface area contributed by atoms with Crippen LogP contribution in [0.4, 0.5) is 8.78 Å². The SMILES string of the molecule is Fc1ccc(Cc2ncc(Br)c(Cl)n2)c(F)c1. The summed E-state index contributed by atoms with van der Waals surface area (Å²) in [6.07, 6.45) is 1.66. The van der Waals surface area contributed by atoms with E-state index in [0.29, 0.717) is 15.9 Å². The molecule has 0 amide bonds. The zero-order valence-electron chi connectivity index (χ0n) is 8.42. The van der Waals surface area contributed by atoms with Crippen LogP contribution in [0.2, 0.25) is 5.15 Å². The van der Waals surface area contributed by atoms with Crippen molar-refractivity contribution < 1.29 is 8.78 Å². The van der Waals surface area contributed by atoms with Crippen molar-refractivity contribution in [2.75, 3.05) is 0 Å². The fraction of sp³-hybridized carbons (Fsp3) is 0.0909. The predicted molar refractivity (Wildman–Crippen MR) is 63.9 cm³/mol. The predicted octanol–water partition coefficient (Wildman–Crippen LogP) is 3.76. The van der Waals surface area contributed by atoms with E-state index in [9.17, 15) is 8.78 Å². The lowest BCUT2D eigenvalue weighted by molar-refractivity contribution is 0.573. The Morgan fingerprint density at radius 1 is 1.29 bits per heavy atom. The summed E-state index contributed by atoms with van der Waals surface area (Å²) in [6, 6.07) is 3.39. The number of benzene rings is 1. The molecule has 0 aliphatic carbocycles. The minimum absolute atomic E-state index is 0.166. The molecule has 2 rings (SSSR count). The van der Waals surface area contributed by atoms with E-state index in [0.717, 1.165) is 6.07 Å². The van der Waals surface area contributed by atoms with Crippen LogP contribution in [0, 0.1) is 11.6 Å². The number of hydrogen-bond acceptors (Lipinski definition) is 2. The van der Waals surface area contributed by atoms with Gasteiger partial charge in [0.25, 0.3) is 0 Å². The minimum atomic E-state index is -0.618. The number of hydrogen-bond donors (Lipinski definition) is 0. The van der Waals surface area contributed by atoms with E-state index >= 15 is 0 Å². The van der Waals surface area contributed by atoms with Crippen molar-refractivity contribution in [1.82, 2.24) is 9.97 Å². The molecule has 0 aliphatic heterocycles. The summed E-state index contributed by atoms with van der Waals surface area (Å²) in [4.78, 5) is 7.97. The first-order chi connectivity index (χ1) is 8.06. The van der Waals surface area contributed by atoms with Gasteiger partial charge in [0.2, 0.25) is 0 Å². The van der Waals surface area contributed by atoms with Gasteiger partial charge < -0.3 is 0 Å². The van der Waals surface area contributed by atoms with Gasteiger partial charge in [-0.15, -0.1) is 0 Å². The van der Waals surface area contributed by atoms with Gasteiger partial charge in [0.05, 0.1) is 4.47 Å². The summed E-state index contributed by atoms with van der Waals surface area (Å²) in [6.45, 7) is 0. The molecule has 2 aromatic rings. The summed E-state index contributed by atoms with van der Waals surface area (Å²) in [5.41, 5.74) is 0.324. The highest BCUT2D eigenvalue weighted by Crippen LogP contribution is 2.20.